The van der Waals surface area contributed by atoms with Gasteiger partial charge in [0.15, 0.2) is 0 Å². The van der Waals surface area contributed by atoms with Crippen molar-refractivity contribution in [3.63, 3.8) is 0 Å². The average molecular weight is 291 g/mol. The molecule has 0 fully saturated rings. The van der Waals surface area contributed by atoms with Gasteiger partial charge in [0, 0.05) is 10.8 Å². The Morgan fingerprint density at radius 1 is 1.35 bits per heavy atom. The Bertz CT molecular complexity index is 602. The van der Waals surface area contributed by atoms with E-state index in [0.29, 0.717) is 5.69 Å². The molecule has 2 rings (SSSR count). The topological polar surface area (TPSA) is 59.4 Å². The third-order valence-corrected chi connectivity index (χ3v) is 4.45. The molecule has 0 bridgehead atoms. The second-order valence-electron chi connectivity index (χ2n) is 5.07. The lowest BCUT2D eigenvalue weighted by Crippen LogP contribution is -2.18. The standard InChI is InChI=1S/C15H17NO3S/c1-15(2,10-4-6-12(19-3)7-5-10)14-16-11(9-20-14)8-13(17)18/h4-7,9H,8H2,1-3H3,(H,17,18). The molecule has 0 saturated carbocycles. The van der Waals surface area contributed by atoms with Gasteiger partial charge in [0.25, 0.3) is 0 Å². The van der Waals surface area contributed by atoms with Crippen LogP contribution in [-0.2, 0) is 16.6 Å². The molecule has 1 heterocycles. The first-order chi connectivity index (χ1) is 9.43. The first-order valence-electron chi connectivity index (χ1n) is 6.24. The van der Waals surface area contributed by atoms with E-state index >= 15 is 0 Å². The molecule has 2 aromatic rings. The van der Waals surface area contributed by atoms with Crippen LogP contribution in [0, 0.1) is 0 Å². The van der Waals surface area contributed by atoms with Crippen molar-refractivity contribution < 1.29 is 14.6 Å². The van der Waals surface area contributed by atoms with Gasteiger partial charge >= 0.3 is 5.97 Å². The van der Waals surface area contributed by atoms with E-state index in [4.69, 9.17) is 9.84 Å². The second kappa shape index (κ2) is 5.63. The number of carboxylic acid groups (broad SMARTS) is 1. The molecular weight excluding hydrogens is 274 g/mol. The van der Waals surface area contributed by atoms with Gasteiger partial charge in [-0.1, -0.05) is 12.1 Å². The predicted octanol–water partition coefficient (Wildman–Crippen LogP) is 3.10. The number of nitrogens with zero attached hydrogens (tertiary/aromatic N) is 1. The second-order valence-corrected chi connectivity index (χ2v) is 5.93. The van der Waals surface area contributed by atoms with E-state index < -0.39 is 5.97 Å². The smallest absolute Gasteiger partial charge is 0.309 e. The number of aliphatic carboxylic acids is 1. The molecule has 0 saturated heterocycles. The van der Waals surface area contributed by atoms with Gasteiger partial charge in [-0.05, 0) is 31.5 Å². The molecule has 20 heavy (non-hydrogen) atoms. The minimum atomic E-state index is -0.857. The van der Waals surface area contributed by atoms with Crippen LogP contribution in [0.25, 0.3) is 0 Å². The Kier molecular flexibility index (Phi) is 4.09. The molecule has 106 valence electrons. The molecule has 0 unspecified atom stereocenters. The first kappa shape index (κ1) is 14.5. The Labute approximate surface area is 122 Å². The van der Waals surface area contributed by atoms with Gasteiger partial charge in [0.1, 0.15) is 10.8 Å². The lowest BCUT2D eigenvalue weighted by atomic mass is 9.85. The molecule has 0 aliphatic heterocycles. The quantitative estimate of drug-likeness (QED) is 0.919. The van der Waals surface area contributed by atoms with E-state index in [-0.39, 0.29) is 11.8 Å². The highest BCUT2D eigenvalue weighted by atomic mass is 32.1. The highest BCUT2D eigenvalue weighted by Crippen LogP contribution is 2.34. The number of aromatic nitrogens is 1. The summed E-state index contributed by atoms with van der Waals surface area (Å²) in [5, 5.41) is 11.5. The van der Waals surface area contributed by atoms with E-state index in [2.05, 4.69) is 18.8 Å². The number of carboxylic acids is 1. The van der Waals surface area contributed by atoms with Crippen molar-refractivity contribution in [3.8, 4) is 5.75 Å². The predicted molar refractivity (Wildman–Crippen MR) is 78.6 cm³/mol. The van der Waals surface area contributed by atoms with Gasteiger partial charge in [-0.15, -0.1) is 11.3 Å². The van der Waals surface area contributed by atoms with Crippen LogP contribution in [-0.4, -0.2) is 23.2 Å². The van der Waals surface area contributed by atoms with Crippen LogP contribution in [0.4, 0.5) is 0 Å². The Morgan fingerprint density at radius 2 is 2.00 bits per heavy atom. The van der Waals surface area contributed by atoms with Crippen molar-refractivity contribution in [2.45, 2.75) is 25.7 Å². The van der Waals surface area contributed by atoms with Crippen LogP contribution >= 0.6 is 11.3 Å². The fourth-order valence-corrected chi connectivity index (χ4v) is 2.93. The third kappa shape index (κ3) is 2.99. The molecule has 0 amide bonds. The number of hydrogen-bond donors (Lipinski definition) is 1. The maximum atomic E-state index is 10.7. The molecule has 0 aliphatic carbocycles. The Hall–Kier alpha value is -1.88. The van der Waals surface area contributed by atoms with E-state index in [9.17, 15) is 4.79 Å². The maximum absolute atomic E-state index is 10.7. The first-order valence-corrected chi connectivity index (χ1v) is 7.12. The normalized spacial score (nSPS) is 11.3. The van der Waals surface area contributed by atoms with Gasteiger partial charge in [-0.2, -0.15) is 0 Å². The zero-order valence-electron chi connectivity index (χ0n) is 11.7. The number of carbonyl (C=O) groups is 1. The highest BCUT2D eigenvalue weighted by Gasteiger charge is 2.27. The fourth-order valence-electron chi connectivity index (χ4n) is 1.96. The number of methoxy groups -OCH3 is 1. The SMILES string of the molecule is COc1ccc(C(C)(C)c2nc(CC(=O)O)cs2)cc1. The number of ether oxygens (including phenoxy) is 1. The Morgan fingerprint density at radius 3 is 2.55 bits per heavy atom. The molecule has 1 N–H and O–H groups in total. The fraction of sp³-hybridized carbons (Fsp3) is 0.333. The minimum Gasteiger partial charge on any atom is -0.497 e. The van der Waals surface area contributed by atoms with Gasteiger partial charge in [-0.25, -0.2) is 4.98 Å². The number of hydrogen-bond acceptors (Lipinski definition) is 4. The van der Waals surface area contributed by atoms with Crippen LogP contribution in [0.3, 0.4) is 0 Å². The largest absolute Gasteiger partial charge is 0.497 e. The van der Waals surface area contributed by atoms with E-state index in [1.807, 2.05) is 29.6 Å². The lowest BCUT2D eigenvalue weighted by Gasteiger charge is -2.22. The van der Waals surface area contributed by atoms with Crippen molar-refractivity contribution in [3.05, 3.63) is 45.9 Å². The van der Waals surface area contributed by atoms with Crippen molar-refractivity contribution in [1.82, 2.24) is 4.98 Å². The summed E-state index contributed by atoms with van der Waals surface area (Å²) in [6, 6.07) is 7.86. The van der Waals surface area contributed by atoms with Crippen LogP contribution in [0.5, 0.6) is 5.75 Å². The third-order valence-electron chi connectivity index (χ3n) is 3.23. The van der Waals surface area contributed by atoms with Gasteiger partial charge in [-0.3, -0.25) is 4.79 Å². The molecule has 0 radical (unpaired) electrons. The van der Waals surface area contributed by atoms with Crippen molar-refractivity contribution in [1.29, 1.82) is 0 Å². The summed E-state index contributed by atoms with van der Waals surface area (Å²) in [5.41, 5.74) is 1.47. The van der Waals surface area contributed by atoms with Crippen molar-refractivity contribution in [2.24, 2.45) is 0 Å². The summed E-state index contributed by atoms with van der Waals surface area (Å²) in [7, 11) is 1.64. The molecular formula is C15H17NO3S. The summed E-state index contributed by atoms with van der Waals surface area (Å²) < 4.78 is 5.16. The van der Waals surface area contributed by atoms with Crippen LogP contribution in [0.2, 0.25) is 0 Å². The van der Waals surface area contributed by atoms with Crippen LogP contribution in [0.15, 0.2) is 29.6 Å². The molecule has 0 atom stereocenters. The van der Waals surface area contributed by atoms with E-state index in [1.165, 1.54) is 11.3 Å². The molecule has 4 nitrogen and oxygen atoms in total. The number of benzene rings is 1. The van der Waals surface area contributed by atoms with E-state index in [0.717, 1.165) is 16.3 Å². The monoisotopic (exact) mass is 291 g/mol. The van der Waals surface area contributed by atoms with Crippen LogP contribution in [0.1, 0.15) is 30.1 Å². The van der Waals surface area contributed by atoms with Crippen molar-refractivity contribution in [2.75, 3.05) is 7.11 Å². The zero-order chi connectivity index (χ0) is 14.8. The summed E-state index contributed by atoms with van der Waals surface area (Å²) >= 11 is 1.50. The van der Waals surface area contributed by atoms with Gasteiger partial charge in [0.05, 0.1) is 19.2 Å². The zero-order valence-corrected chi connectivity index (χ0v) is 12.5. The average Bonchev–Trinajstić information content (AvgIpc) is 2.87. The maximum Gasteiger partial charge on any atom is 0.309 e. The highest BCUT2D eigenvalue weighted by molar-refractivity contribution is 7.09. The molecule has 1 aromatic heterocycles. The molecule has 5 heteroatoms. The Balaban J connectivity index is 2.28. The minimum absolute atomic E-state index is 0.0325. The number of thiazole rings is 1. The summed E-state index contributed by atoms with van der Waals surface area (Å²) in [5.74, 6) is -0.0423. The van der Waals surface area contributed by atoms with E-state index in [1.54, 1.807) is 7.11 Å². The van der Waals surface area contributed by atoms with Crippen molar-refractivity contribution >= 4 is 17.3 Å². The lowest BCUT2D eigenvalue weighted by molar-refractivity contribution is -0.136. The summed E-state index contributed by atoms with van der Waals surface area (Å²) in [6.45, 7) is 4.16. The molecule has 1 aromatic carbocycles. The van der Waals surface area contributed by atoms with Gasteiger partial charge in [0.2, 0.25) is 0 Å². The summed E-state index contributed by atoms with van der Waals surface area (Å²) in [4.78, 5) is 15.2. The van der Waals surface area contributed by atoms with Gasteiger partial charge < -0.3 is 9.84 Å². The molecule has 0 aliphatic rings. The molecule has 0 spiro atoms. The number of rotatable bonds is 5. The van der Waals surface area contributed by atoms with Crippen LogP contribution < -0.4 is 4.74 Å². The summed E-state index contributed by atoms with van der Waals surface area (Å²) in [6.07, 6.45) is -0.0325.